The molecule has 41 heavy (non-hydrogen) atoms. The van der Waals surface area contributed by atoms with Crippen molar-refractivity contribution in [3.05, 3.63) is 83.9 Å². The molecule has 0 aliphatic carbocycles. The van der Waals surface area contributed by atoms with E-state index in [1.54, 1.807) is 24.3 Å². The van der Waals surface area contributed by atoms with Crippen LogP contribution in [0.2, 0.25) is 18.1 Å². The Bertz CT molecular complexity index is 1400. The van der Waals surface area contributed by atoms with Gasteiger partial charge in [-0.3, -0.25) is 4.31 Å². The van der Waals surface area contributed by atoms with Crippen LogP contribution < -0.4 is 13.8 Å². The maximum absolute atomic E-state index is 14.2. The normalized spacial score (nSPS) is 12.1. The number of hydrogen-bond donors (Lipinski definition) is 0. The summed E-state index contributed by atoms with van der Waals surface area (Å²) in [4.78, 5) is 13.0. The molecule has 0 heterocycles. The molecular weight excluding hydrogens is 558 g/mol. The number of hydrogen-bond acceptors (Lipinski definition) is 7. The summed E-state index contributed by atoms with van der Waals surface area (Å²) < 4.78 is 52.3. The molecule has 0 saturated carbocycles. The topological polar surface area (TPSA) is 91.4 Å². The van der Waals surface area contributed by atoms with Crippen LogP contribution >= 0.6 is 0 Å². The van der Waals surface area contributed by atoms with Gasteiger partial charge in [-0.15, -0.1) is 0 Å². The average Bonchev–Trinajstić information content (AvgIpc) is 2.95. The highest BCUT2D eigenvalue weighted by Gasteiger charge is 2.37. The van der Waals surface area contributed by atoms with Crippen molar-refractivity contribution in [2.24, 2.45) is 0 Å². The first-order chi connectivity index (χ1) is 19.3. The minimum Gasteiger partial charge on any atom is -0.497 e. The van der Waals surface area contributed by atoms with Gasteiger partial charge in [0.15, 0.2) is 8.32 Å². The highest BCUT2D eigenvalue weighted by atomic mass is 32.2. The van der Waals surface area contributed by atoms with Gasteiger partial charge >= 0.3 is 5.97 Å². The lowest BCUT2D eigenvalue weighted by Gasteiger charge is -2.36. The van der Waals surface area contributed by atoms with Crippen molar-refractivity contribution in [1.82, 2.24) is 0 Å². The predicted molar refractivity (Wildman–Crippen MR) is 164 cm³/mol. The summed E-state index contributed by atoms with van der Waals surface area (Å²) >= 11 is 0. The summed E-state index contributed by atoms with van der Waals surface area (Å²) in [7, 11) is -3.31. The molecule has 0 atom stereocenters. The minimum absolute atomic E-state index is 0.0337. The first-order valence-corrected chi connectivity index (χ1v) is 17.9. The molecule has 0 fully saturated rings. The third-order valence-electron chi connectivity index (χ3n) is 7.29. The molecule has 0 radical (unpaired) electrons. The Kier molecular flexibility index (Phi) is 10.6. The third-order valence-corrected chi connectivity index (χ3v) is 13.6. The van der Waals surface area contributed by atoms with E-state index in [9.17, 15) is 13.2 Å². The van der Waals surface area contributed by atoms with Crippen molar-refractivity contribution >= 4 is 30.0 Å². The van der Waals surface area contributed by atoms with Gasteiger partial charge in [-0.05, 0) is 60.1 Å². The van der Waals surface area contributed by atoms with Crippen molar-refractivity contribution in [2.75, 3.05) is 31.7 Å². The number of benzene rings is 3. The van der Waals surface area contributed by atoms with E-state index in [0.717, 1.165) is 5.56 Å². The molecule has 3 aromatic rings. The van der Waals surface area contributed by atoms with E-state index in [4.69, 9.17) is 18.6 Å². The number of anilines is 1. The Balaban J connectivity index is 2.03. The second-order valence-corrected chi connectivity index (χ2v) is 17.8. The number of carbonyl (C=O) groups excluding carboxylic acids is 1. The van der Waals surface area contributed by atoms with Gasteiger partial charge in [0.1, 0.15) is 17.2 Å². The van der Waals surface area contributed by atoms with E-state index in [1.165, 1.54) is 36.7 Å². The maximum Gasteiger partial charge on any atom is 0.340 e. The zero-order chi connectivity index (χ0) is 30.3. The van der Waals surface area contributed by atoms with Gasteiger partial charge in [-0.1, -0.05) is 57.2 Å². The standard InChI is InChI=1S/C31H41NO7SSi/c1-31(2,3)41(6,7)39-22-12-21-38-28-16-11-15-27(30(33)37-5)29(28)32(23-24-13-9-8-10-14-24)40(34,35)26-19-17-25(36-4)18-20-26/h8-11,13-20H,12,21-23H2,1-7H3. The fourth-order valence-corrected chi connectivity index (χ4v) is 6.43. The van der Waals surface area contributed by atoms with E-state index in [1.807, 2.05) is 30.3 Å². The van der Waals surface area contributed by atoms with Gasteiger partial charge in [0, 0.05) is 13.0 Å². The van der Waals surface area contributed by atoms with Crippen LogP contribution in [0.1, 0.15) is 43.1 Å². The molecule has 10 heteroatoms. The summed E-state index contributed by atoms with van der Waals surface area (Å²) in [6, 6.07) is 20.2. The zero-order valence-corrected chi connectivity index (χ0v) is 26.8. The zero-order valence-electron chi connectivity index (χ0n) is 25.0. The van der Waals surface area contributed by atoms with E-state index in [2.05, 4.69) is 33.9 Å². The SMILES string of the molecule is COC(=O)c1cccc(OCCCO[Si](C)(C)C(C)(C)C)c1N(Cc1ccccc1)S(=O)(=O)c1ccc(OC)cc1. The lowest BCUT2D eigenvalue weighted by atomic mass is 10.1. The number of ether oxygens (including phenoxy) is 3. The molecule has 0 amide bonds. The Morgan fingerprint density at radius 3 is 2.12 bits per heavy atom. The van der Waals surface area contributed by atoms with E-state index < -0.39 is 24.3 Å². The van der Waals surface area contributed by atoms with Crippen LogP contribution in [0.5, 0.6) is 11.5 Å². The molecule has 0 aliphatic heterocycles. The van der Waals surface area contributed by atoms with Crippen molar-refractivity contribution in [2.45, 2.75) is 56.8 Å². The van der Waals surface area contributed by atoms with Crippen molar-refractivity contribution in [3.8, 4) is 11.5 Å². The largest absolute Gasteiger partial charge is 0.497 e. The molecule has 0 bridgehead atoms. The van der Waals surface area contributed by atoms with Gasteiger partial charge in [0.05, 0.1) is 37.8 Å². The van der Waals surface area contributed by atoms with Gasteiger partial charge in [0.2, 0.25) is 0 Å². The Labute approximate surface area is 245 Å². The minimum atomic E-state index is -4.16. The molecule has 3 aromatic carbocycles. The Morgan fingerprint density at radius 2 is 1.54 bits per heavy atom. The van der Waals surface area contributed by atoms with E-state index >= 15 is 0 Å². The third kappa shape index (κ3) is 7.90. The number of para-hydroxylation sites is 1. The van der Waals surface area contributed by atoms with Gasteiger partial charge in [-0.2, -0.15) is 0 Å². The van der Waals surface area contributed by atoms with Crippen molar-refractivity contribution < 1.29 is 31.8 Å². The van der Waals surface area contributed by atoms with E-state index in [-0.39, 0.29) is 40.1 Å². The summed E-state index contributed by atoms with van der Waals surface area (Å²) in [5, 5.41) is 0.0869. The van der Waals surface area contributed by atoms with Crippen LogP contribution in [0.4, 0.5) is 5.69 Å². The first kappa shape index (κ1) is 32.2. The first-order valence-electron chi connectivity index (χ1n) is 13.5. The van der Waals surface area contributed by atoms with Crippen LogP contribution in [0.25, 0.3) is 0 Å². The molecule has 0 aliphatic rings. The van der Waals surface area contributed by atoms with E-state index in [0.29, 0.717) is 18.8 Å². The second kappa shape index (κ2) is 13.5. The van der Waals surface area contributed by atoms with Gasteiger partial charge < -0.3 is 18.6 Å². The highest BCUT2D eigenvalue weighted by molar-refractivity contribution is 7.92. The molecule has 0 unspecified atom stereocenters. The number of rotatable bonds is 13. The smallest absolute Gasteiger partial charge is 0.340 e. The average molecular weight is 600 g/mol. The van der Waals surface area contributed by atoms with Crippen molar-refractivity contribution in [3.63, 3.8) is 0 Å². The van der Waals surface area contributed by atoms with Crippen molar-refractivity contribution in [1.29, 1.82) is 0 Å². The summed E-state index contributed by atoms with van der Waals surface area (Å²) in [6.45, 7) is 11.7. The summed E-state index contributed by atoms with van der Waals surface area (Å²) in [5.74, 6) is 0.111. The lowest BCUT2D eigenvalue weighted by molar-refractivity contribution is 0.0601. The maximum atomic E-state index is 14.2. The van der Waals surface area contributed by atoms with Crippen LogP contribution in [0, 0.1) is 0 Å². The predicted octanol–water partition coefficient (Wildman–Crippen LogP) is 6.67. The number of sulfonamides is 1. The molecule has 3 rings (SSSR count). The Morgan fingerprint density at radius 1 is 0.878 bits per heavy atom. The molecule has 222 valence electrons. The molecular formula is C31H41NO7SSi. The number of methoxy groups -OCH3 is 2. The number of esters is 1. The van der Waals surface area contributed by atoms with Gasteiger partial charge in [-0.25, -0.2) is 13.2 Å². The molecule has 0 saturated heterocycles. The quantitative estimate of drug-likeness (QED) is 0.123. The highest BCUT2D eigenvalue weighted by Crippen LogP contribution is 2.39. The van der Waals surface area contributed by atoms with Crippen LogP contribution in [-0.4, -0.2) is 50.1 Å². The monoisotopic (exact) mass is 599 g/mol. The van der Waals surface area contributed by atoms with Crippen LogP contribution in [-0.2, 0) is 25.7 Å². The molecule has 0 N–H and O–H groups in total. The van der Waals surface area contributed by atoms with Crippen LogP contribution in [0.3, 0.4) is 0 Å². The Hall–Kier alpha value is -3.34. The lowest BCUT2D eigenvalue weighted by Crippen LogP contribution is -2.41. The number of carbonyl (C=O) groups is 1. The molecule has 0 aromatic heterocycles. The fourth-order valence-electron chi connectivity index (χ4n) is 3.86. The fraction of sp³-hybridized carbons (Fsp3) is 0.387. The molecule has 0 spiro atoms. The number of nitrogens with zero attached hydrogens (tertiary/aromatic N) is 1. The molecule has 8 nitrogen and oxygen atoms in total. The second-order valence-electron chi connectivity index (χ2n) is 11.1. The summed E-state index contributed by atoms with van der Waals surface area (Å²) in [5.41, 5.74) is 0.929. The van der Waals surface area contributed by atoms with Gasteiger partial charge in [0.25, 0.3) is 10.0 Å². The van der Waals surface area contributed by atoms with Crippen LogP contribution in [0.15, 0.2) is 77.7 Å². The summed E-state index contributed by atoms with van der Waals surface area (Å²) in [6.07, 6.45) is 0.596.